The summed E-state index contributed by atoms with van der Waals surface area (Å²) >= 11 is 4.83. The van der Waals surface area contributed by atoms with Gasteiger partial charge in [0.2, 0.25) is 0 Å². The number of aryl methyl sites for hydroxylation is 1. The van der Waals surface area contributed by atoms with Crippen LogP contribution in [0.25, 0.3) is 0 Å². The highest BCUT2D eigenvalue weighted by Crippen LogP contribution is 1.85. The monoisotopic (exact) mass is 129 g/mol. The molecule has 0 spiro atoms. The number of nitrogen functional groups attached to an aromatic ring is 1. The van der Waals surface area contributed by atoms with Gasteiger partial charge >= 0.3 is 0 Å². The maximum absolute atomic E-state index is 5.33. The van der Waals surface area contributed by atoms with Crippen LogP contribution in [0.2, 0.25) is 0 Å². The van der Waals surface area contributed by atoms with Crippen molar-refractivity contribution < 1.29 is 0 Å². The van der Waals surface area contributed by atoms with Crippen LogP contribution in [0.15, 0.2) is 12.4 Å². The van der Waals surface area contributed by atoms with E-state index in [0.717, 1.165) is 0 Å². The molecule has 1 rings (SSSR count). The zero-order chi connectivity index (χ0) is 6.15. The Balaban J connectivity index is 3.42. The van der Waals surface area contributed by atoms with E-state index in [0.29, 0.717) is 4.77 Å². The summed E-state index contributed by atoms with van der Waals surface area (Å²) in [6, 6.07) is 0. The summed E-state index contributed by atoms with van der Waals surface area (Å²) in [5.41, 5.74) is 0. The highest BCUT2D eigenvalue weighted by Gasteiger charge is 1.85. The number of hydrogen-bond acceptors (Lipinski definition) is 2. The Morgan fingerprint density at radius 3 is 2.38 bits per heavy atom. The minimum atomic E-state index is 0.630. The number of rotatable bonds is 0. The Labute approximate surface area is 52.3 Å². The van der Waals surface area contributed by atoms with Crippen molar-refractivity contribution in [3.8, 4) is 0 Å². The summed E-state index contributed by atoms with van der Waals surface area (Å²) in [7, 11) is 1.85. The molecule has 0 amide bonds. The van der Waals surface area contributed by atoms with Crippen molar-refractivity contribution in [3.05, 3.63) is 17.2 Å². The van der Waals surface area contributed by atoms with Crippen LogP contribution in [0.1, 0.15) is 0 Å². The van der Waals surface area contributed by atoms with Crippen molar-refractivity contribution >= 4 is 12.2 Å². The van der Waals surface area contributed by atoms with E-state index in [9.17, 15) is 0 Å². The van der Waals surface area contributed by atoms with Crippen LogP contribution in [0, 0.1) is 4.77 Å². The Bertz CT molecular complexity index is 211. The van der Waals surface area contributed by atoms with Gasteiger partial charge in [0.15, 0.2) is 4.77 Å². The molecule has 0 aliphatic rings. The van der Waals surface area contributed by atoms with Gasteiger partial charge in [-0.25, -0.2) is 4.68 Å². The predicted molar refractivity (Wildman–Crippen MR) is 34.4 cm³/mol. The first-order valence-corrected chi connectivity index (χ1v) is 2.61. The van der Waals surface area contributed by atoms with Crippen LogP contribution in [-0.4, -0.2) is 9.24 Å². The maximum atomic E-state index is 5.33. The lowest BCUT2D eigenvalue weighted by atomic mass is 10.9. The van der Waals surface area contributed by atoms with Gasteiger partial charge in [0.05, 0.1) is 0 Å². The summed E-state index contributed by atoms with van der Waals surface area (Å²) in [6.45, 7) is 0. The van der Waals surface area contributed by atoms with E-state index in [1.807, 2.05) is 13.2 Å². The molecule has 1 heterocycles. The van der Waals surface area contributed by atoms with E-state index in [-0.39, 0.29) is 0 Å². The smallest absolute Gasteiger partial charge is 0.198 e. The lowest BCUT2D eigenvalue weighted by molar-refractivity contribution is 0.846. The van der Waals surface area contributed by atoms with Gasteiger partial charge in [-0.1, -0.05) is 0 Å². The molecule has 0 saturated heterocycles. The lowest BCUT2D eigenvalue weighted by Crippen LogP contribution is -2.06. The van der Waals surface area contributed by atoms with E-state index in [1.165, 1.54) is 4.68 Å². The molecule has 0 saturated carbocycles. The van der Waals surface area contributed by atoms with Crippen LogP contribution < -0.4 is 5.84 Å². The van der Waals surface area contributed by atoms with Crippen molar-refractivity contribution in [1.82, 2.24) is 9.24 Å². The molecule has 1 aromatic rings. The first-order valence-electron chi connectivity index (χ1n) is 2.21. The first-order chi connectivity index (χ1) is 3.72. The third-order valence-corrected chi connectivity index (χ3v) is 1.47. The standard InChI is InChI=1S/C4H7N3S/c1-6-2-3-7(5)4(6)8/h2-3H,5H2,1H3. The number of nitrogens with zero attached hydrogens (tertiary/aromatic N) is 2. The molecule has 0 radical (unpaired) electrons. The van der Waals surface area contributed by atoms with Crippen LogP contribution in [0.4, 0.5) is 0 Å². The van der Waals surface area contributed by atoms with E-state index < -0.39 is 0 Å². The molecular weight excluding hydrogens is 122 g/mol. The van der Waals surface area contributed by atoms with Crippen molar-refractivity contribution in [2.45, 2.75) is 0 Å². The highest BCUT2D eigenvalue weighted by atomic mass is 32.1. The topological polar surface area (TPSA) is 35.9 Å². The minimum Gasteiger partial charge on any atom is -0.337 e. The van der Waals surface area contributed by atoms with Gasteiger partial charge in [0, 0.05) is 19.4 Å². The van der Waals surface area contributed by atoms with E-state index in [1.54, 1.807) is 10.8 Å². The number of hydrogen-bond donors (Lipinski definition) is 1. The third kappa shape index (κ3) is 0.626. The zero-order valence-electron chi connectivity index (χ0n) is 4.53. The quantitative estimate of drug-likeness (QED) is 0.403. The fourth-order valence-electron chi connectivity index (χ4n) is 0.481. The molecule has 1 aromatic heterocycles. The molecule has 8 heavy (non-hydrogen) atoms. The normalized spacial score (nSPS) is 9.62. The Morgan fingerprint density at radius 1 is 1.62 bits per heavy atom. The Morgan fingerprint density at radius 2 is 2.25 bits per heavy atom. The van der Waals surface area contributed by atoms with Gasteiger partial charge < -0.3 is 10.4 Å². The number of nitrogens with two attached hydrogens (primary N) is 1. The van der Waals surface area contributed by atoms with Crippen molar-refractivity contribution in [2.75, 3.05) is 5.84 Å². The average molecular weight is 129 g/mol. The Hall–Kier alpha value is -0.770. The lowest BCUT2D eigenvalue weighted by Gasteiger charge is -1.87. The summed E-state index contributed by atoms with van der Waals surface area (Å²) in [5.74, 6) is 5.33. The second-order valence-electron chi connectivity index (χ2n) is 1.60. The van der Waals surface area contributed by atoms with Crippen LogP contribution in [0.5, 0.6) is 0 Å². The van der Waals surface area contributed by atoms with Gasteiger partial charge in [-0.3, -0.25) is 0 Å². The molecular formula is C4H7N3S. The van der Waals surface area contributed by atoms with Crippen molar-refractivity contribution in [2.24, 2.45) is 7.05 Å². The molecule has 0 aliphatic heterocycles. The molecule has 0 unspecified atom stereocenters. The largest absolute Gasteiger partial charge is 0.337 e. The van der Waals surface area contributed by atoms with Crippen molar-refractivity contribution in [3.63, 3.8) is 0 Å². The van der Waals surface area contributed by atoms with Crippen molar-refractivity contribution in [1.29, 1.82) is 0 Å². The molecule has 3 nitrogen and oxygen atoms in total. The van der Waals surface area contributed by atoms with Gasteiger partial charge in [-0.2, -0.15) is 0 Å². The SMILES string of the molecule is Cn1ccn(N)c1=S. The summed E-state index contributed by atoms with van der Waals surface area (Å²) in [6.07, 6.45) is 3.52. The second kappa shape index (κ2) is 1.63. The molecule has 0 fully saturated rings. The van der Waals surface area contributed by atoms with E-state index in [4.69, 9.17) is 18.1 Å². The average Bonchev–Trinajstić information content (AvgIpc) is 1.98. The fraction of sp³-hybridized carbons (Fsp3) is 0.250. The van der Waals surface area contributed by atoms with Crippen LogP contribution in [-0.2, 0) is 7.05 Å². The van der Waals surface area contributed by atoms with Gasteiger partial charge in [-0.05, 0) is 12.2 Å². The van der Waals surface area contributed by atoms with Gasteiger partial charge in [0.1, 0.15) is 0 Å². The van der Waals surface area contributed by atoms with E-state index >= 15 is 0 Å². The predicted octanol–water partition coefficient (Wildman–Crippen LogP) is 0.270. The molecule has 44 valence electrons. The fourth-order valence-corrected chi connectivity index (χ4v) is 0.603. The minimum absolute atomic E-state index is 0.630. The molecule has 2 N–H and O–H groups in total. The highest BCUT2D eigenvalue weighted by molar-refractivity contribution is 7.71. The zero-order valence-corrected chi connectivity index (χ0v) is 5.35. The molecule has 0 aliphatic carbocycles. The molecule has 0 aromatic carbocycles. The number of imidazole rings is 1. The van der Waals surface area contributed by atoms with E-state index in [2.05, 4.69) is 0 Å². The second-order valence-corrected chi connectivity index (χ2v) is 1.96. The summed E-state index contributed by atoms with van der Waals surface area (Å²) < 4.78 is 3.80. The summed E-state index contributed by atoms with van der Waals surface area (Å²) in [4.78, 5) is 0. The molecule has 0 atom stereocenters. The maximum Gasteiger partial charge on any atom is 0.198 e. The number of aromatic nitrogens is 2. The van der Waals surface area contributed by atoms with Crippen LogP contribution in [0.3, 0.4) is 0 Å². The Kier molecular flexibility index (Phi) is 1.09. The summed E-state index contributed by atoms with van der Waals surface area (Å²) in [5, 5.41) is 0. The third-order valence-electron chi connectivity index (χ3n) is 0.973. The molecule has 4 heteroatoms. The first kappa shape index (κ1) is 5.37. The molecule has 0 bridgehead atoms. The van der Waals surface area contributed by atoms with Gasteiger partial charge in [0.25, 0.3) is 0 Å². The van der Waals surface area contributed by atoms with Gasteiger partial charge in [-0.15, -0.1) is 0 Å². The van der Waals surface area contributed by atoms with Crippen LogP contribution >= 0.6 is 12.2 Å².